The standard InChI is InChI=1S/C15H9NO2S/c17-15(18)11-7-10-8-3-1-2-4-12(8)16-13(10)14-9(11)5-6-19-14/h1-7,16H,(H,17,18). The average Bonchev–Trinajstić information content (AvgIpc) is 3.01. The predicted octanol–water partition coefficient (Wildman–Crippen LogP) is 4.23. The van der Waals surface area contributed by atoms with Crippen LogP contribution in [0.25, 0.3) is 31.9 Å². The maximum Gasteiger partial charge on any atom is 0.336 e. The van der Waals surface area contributed by atoms with Crippen molar-refractivity contribution in [1.29, 1.82) is 0 Å². The minimum Gasteiger partial charge on any atom is -0.478 e. The second kappa shape index (κ2) is 3.59. The third-order valence-electron chi connectivity index (χ3n) is 3.45. The predicted molar refractivity (Wildman–Crippen MR) is 78.1 cm³/mol. The first-order chi connectivity index (χ1) is 9.25. The smallest absolute Gasteiger partial charge is 0.336 e. The highest BCUT2D eigenvalue weighted by Crippen LogP contribution is 2.36. The van der Waals surface area contributed by atoms with E-state index >= 15 is 0 Å². The average molecular weight is 267 g/mol. The van der Waals surface area contributed by atoms with Gasteiger partial charge in [0.25, 0.3) is 0 Å². The number of H-pyrrole nitrogens is 1. The van der Waals surface area contributed by atoms with Gasteiger partial charge in [-0.15, -0.1) is 11.3 Å². The normalized spacial score (nSPS) is 11.6. The van der Waals surface area contributed by atoms with E-state index in [1.807, 2.05) is 35.7 Å². The number of thiophene rings is 1. The summed E-state index contributed by atoms with van der Waals surface area (Å²) >= 11 is 1.57. The summed E-state index contributed by atoms with van der Waals surface area (Å²) < 4.78 is 1.01. The van der Waals surface area contributed by atoms with Crippen LogP contribution in [-0.4, -0.2) is 16.1 Å². The Morgan fingerprint density at radius 1 is 1.11 bits per heavy atom. The summed E-state index contributed by atoms with van der Waals surface area (Å²) in [5.74, 6) is -0.879. The minimum absolute atomic E-state index is 0.369. The molecular weight excluding hydrogens is 258 g/mol. The van der Waals surface area contributed by atoms with Crippen molar-refractivity contribution in [3.63, 3.8) is 0 Å². The van der Waals surface area contributed by atoms with Gasteiger partial charge in [-0.05, 0) is 23.6 Å². The number of aromatic nitrogens is 1. The SMILES string of the molecule is O=C(O)c1cc2c3ccccc3[nH]c2c2sccc12. The van der Waals surface area contributed by atoms with Crippen molar-refractivity contribution in [1.82, 2.24) is 4.98 Å². The number of benzene rings is 2. The lowest BCUT2D eigenvalue weighted by molar-refractivity contribution is 0.0699. The van der Waals surface area contributed by atoms with E-state index in [0.717, 1.165) is 31.9 Å². The van der Waals surface area contributed by atoms with Crippen LogP contribution in [0.3, 0.4) is 0 Å². The van der Waals surface area contributed by atoms with Crippen LogP contribution in [0.5, 0.6) is 0 Å². The van der Waals surface area contributed by atoms with Gasteiger partial charge in [0.2, 0.25) is 0 Å². The van der Waals surface area contributed by atoms with Gasteiger partial charge < -0.3 is 10.1 Å². The second-order valence-electron chi connectivity index (χ2n) is 4.49. The molecule has 3 nitrogen and oxygen atoms in total. The fourth-order valence-corrected chi connectivity index (χ4v) is 3.53. The molecule has 0 aliphatic heterocycles. The van der Waals surface area contributed by atoms with E-state index < -0.39 is 5.97 Å². The molecule has 2 aromatic carbocycles. The summed E-state index contributed by atoms with van der Waals surface area (Å²) in [5.41, 5.74) is 2.43. The number of nitrogens with one attached hydrogen (secondary N) is 1. The Labute approximate surface area is 112 Å². The van der Waals surface area contributed by atoms with Gasteiger partial charge in [-0.1, -0.05) is 18.2 Å². The fourth-order valence-electron chi connectivity index (χ4n) is 2.61. The summed E-state index contributed by atoms with van der Waals surface area (Å²) in [5, 5.41) is 14.1. The first-order valence-corrected chi connectivity index (χ1v) is 6.77. The summed E-state index contributed by atoms with van der Waals surface area (Å²) in [6, 6.07) is 11.6. The topological polar surface area (TPSA) is 53.1 Å². The third-order valence-corrected chi connectivity index (χ3v) is 4.38. The van der Waals surface area contributed by atoms with E-state index in [1.54, 1.807) is 17.4 Å². The fraction of sp³-hybridized carbons (Fsp3) is 0. The van der Waals surface area contributed by atoms with Crippen LogP contribution in [0.15, 0.2) is 41.8 Å². The number of hydrogen-bond donors (Lipinski definition) is 2. The summed E-state index contributed by atoms with van der Waals surface area (Å²) in [4.78, 5) is 14.8. The molecule has 4 heteroatoms. The quantitative estimate of drug-likeness (QED) is 0.542. The lowest BCUT2D eigenvalue weighted by Gasteiger charge is -1.99. The number of hydrogen-bond acceptors (Lipinski definition) is 2. The molecule has 0 saturated heterocycles. The molecule has 0 radical (unpaired) electrons. The van der Waals surface area contributed by atoms with E-state index in [9.17, 15) is 9.90 Å². The Bertz CT molecular complexity index is 949. The molecule has 92 valence electrons. The van der Waals surface area contributed by atoms with E-state index in [1.165, 1.54) is 0 Å². The van der Waals surface area contributed by atoms with Gasteiger partial charge in [0.1, 0.15) is 0 Å². The Hall–Kier alpha value is -2.33. The van der Waals surface area contributed by atoms with Crippen molar-refractivity contribution in [2.45, 2.75) is 0 Å². The van der Waals surface area contributed by atoms with Crippen LogP contribution in [-0.2, 0) is 0 Å². The number of carboxylic acids is 1. The molecule has 4 aromatic rings. The maximum atomic E-state index is 11.4. The molecule has 0 spiro atoms. The Kier molecular flexibility index (Phi) is 2.00. The molecule has 0 aliphatic rings. The van der Waals surface area contributed by atoms with E-state index in [-0.39, 0.29) is 0 Å². The van der Waals surface area contributed by atoms with Crippen molar-refractivity contribution >= 4 is 49.2 Å². The summed E-state index contributed by atoms with van der Waals surface area (Å²) in [7, 11) is 0. The lowest BCUT2D eigenvalue weighted by Crippen LogP contribution is -1.96. The van der Waals surface area contributed by atoms with Crippen LogP contribution in [0.4, 0.5) is 0 Å². The highest BCUT2D eigenvalue weighted by Gasteiger charge is 2.15. The van der Waals surface area contributed by atoms with Gasteiger partial charge in [0, 0.05) is 21.7 Å². The summed E-state index contributed by atoms with van der Waals surface area (Å²) in [6.45, 7) is 0. The number of fused-ring (bicyclic) bond motifs is 5. The second-order valence-corrected chi connectivity index (χ2v) is 5.40. The van der Waals surface area contributed by atoms with Crippen LogP contribution in [0, 0.1) is 0 Å². The highest BCUT2D eigenvalue weighted by molar-refractivity contribution is 7.18. The number of aromatic carboxylic acids is 1. The molecule has 0 fully saturated rings. The van der Waals surface area contributed by atoms with Gasteiger partial charge in [-0.2, -0.15) is 0 Å². The molecule has 0 bridgehead atoms. The van der Waals surface area contributed by atoms with Crippen LogP contribution in [0.1, 0.15) is 10.4 Å². The van der Waals surface area contributed by atoms with Gasteiger partial charge in [0.05, 0.1) is 15.8 Å². The molecule has 0 atom stereocenters. The van der Waals surface area contributed by atoms with Crippen molar-refractivity contribution in [3.8, 4) is 0 Å². The number of carbonyl (C=O) groups is 1. The molecule has 0 aliphatic carbocycles. The molecular formula is C15H9NO2S. The minimum atomic E-state index is -0.879. The number of rotatable bonds is 1. The van der Waals surface area contributed by atoms with Crippen molar-refractivity contribution < 1.29 is 9.90 Å². The zero-order chi connectivity index (χ0) is 13.0. The van der Waals surface area contributed by atoms with Crippen molar-refractivity contribution in [2.75, 3.05) is 0 Å². The molecule has 0 unspecified atom stereocenters. The maximum absolute atomic E-state index is 11.4. The molecule has 0 amide bonds. The molecule has 19 heavy (non-hydrogen) atoms. The van der Waals surface area contributed by atoms with E-state index in [2.05, 4.69) is 4.98 Å². The molecule has 2 heterocycles. The number of para-hydroxylation sites is 1. The third kappa shape index (κ3) is 1.34. The largest absolute Gasteiger partial charge is 0.478 e. The number of aromatic amines is 1. The Morgan fingerprint density at radius 2 is 1.95 bits per heavy atom. The summed E-state index contributed by atoms with van der Waals surface area (Å²) in [6.07, 6.45) is 0. The van der Waals surface area contributed by atoms with Crippen LogP contribution >= 0.6 is 11.3 Å². The van der Waals surface area contributed by atoms with Gasteiger partial charge in [-0.3, -0.25) is 0 Å². The van der Waals surface area contributed by atoms with Crippen molar-refractivity contribution in [2.24, 2.45) is 0 Å². The molecule has 4 rings (SSSR count). The monoisotopic (exact) mass is 267 g/mol. The Balaban J connectivity index is 2.33. The zero-order valence-electron chi connectivity index (χ0n) is 9.81. The molecule has 0 saturated carbocycles. The zero-order valence-corrected chi connectivity index (χ0v) is 10.6. The first kappa shape index (κ1) is 10.6. The van der Waals surface area contributed by atoms with E-state index in [4.69, 9.17) is 0 Å². The number of carboxylic acid groups (broad SMARTS) is 1. The van der Waals surface area contributed by atoms with Crippen molar-refractivity contribution in [3.05, 3.63) is 47.3 Å². The van der Waals surface area contributed by atoms with Gasteiger partial charge in [-0.25, -0.2) is 4.79 Å². The Morgan fingerprint density at radius 3 is 2.79 bits per heavy atom. The van der Waals surface area contributed by atoms with Gasteiger partial charge >= 0.3 is 5.97 Å². The lowest BCUT2D eigenvalue weighted by atomic mass is 10.1. The first-order valence-electron chi connectivity index (χ1n) is 5.89. The van der Waals surface area contributed by atoms with E-state index in [0.29, 0.717) is 5.56 Å². The van der Waals surface area contributed by atoms with Gasteiger partial charge in [0.15, 0.2) is 0 Å². The molecule has 2 aromatic heterocycles. The molecule has 2 N–H and O–H groups in total. The highest BCUT2D eigenvalue weighted by atomic mass is 32.1. The van der Waals surface area contributed by atoms with Crippen LogP contribution < -0.4 is 0 Å². The van der Waals surface area contributed by atoms with Crippen LogP contribution in [0.2, 0.25) is 0 Å².